The lowest BCUT2D eigenvalue weighted by atomic mass is 10.2. The zero-order valence-corrected chi connectivity index (χ0v) is 22.4. The zero-order valence-electron chi connectivity index (χ0n) is 20.1. The maximum atomic E-state index is 13.4. The molecule has 0 atom stereocenters. The van der Waals surface area contributed by atoms with Crippen LogP contribution < -0.4 is 9.73 Å². The number of hydrazone groups is 1. The third kappa shape index (κ3) is 5.88. The summed E-state index contributed by atoms with van der Waals surface area (Å²) in [7, 11) is -4.02. The monoisotopic (exact) mass is 554 g/mol. The third-order valence-corrected chi connectivity index (χ3v) is 8.05. The number of hydrogen-bond acceptors (Lipinski definition) is 4. The van der Waals surface area contributed by atoms with Crippen molar-refractivity contribution in [2.75, 3.05) is 10.8 Å². The van der Waals surface area contributed by atoms with E-state index in [2.05, 4.69) is 10.5 Å². The standard InChI is InChI=1S/C27H24Cl2N4O3S/c1-19-16-21(20(2)33(19)26-11-7-6-10-25(26)29)17-30-31-27(34)18-32(23-14-12-22(28)13-15-23)37(35,36)24-8-4-3-5-9-24/h3-17H,18H2,1-2H3,(H,31,34)/b30-17+. The molecular weight excluding hydrogens is 531 g/mol. The minimum absolute atomic E-state index is 0.0632. The van der Waals surface area contributed by atoms with Crippen LogP contribution >= 0.6 is 23.2 Å². The van der Waals surface area contributed by atoms with Gasteiger partial charge < -0.3 is 4.57 Å². The van der Waals surface area contributed by atoms with Gasteiger partial charge in [-0.3, -0.25) is 9.10 Å². The molecule has 190 valence electrons. The Morgan fingerprint density at radius 2 is 1.62 bits per heavy atom. The average Bonchev–Trinajstić information content (AvgIpc) is 3.16. The van der Waals surface area contributed by atoms with Crippen LogP contribution in [0.2, 0.25) is 10.0 Å². The number of aryl methyl sites for hydroxylation is 1. The van der Waals surface area contributed by atoms with Crippen LogP contribution in [0.15, 0.2) is 94.9 Å². The van der Waals surface area contributed by atoms with Crippen molar-refractivity contribution in [3.8, 4) is 5.69 Å². The van der Waals surface area contributed by atoms with Crippen LogP contribution in [-0.2, 0) is 14.8 Å². The summed E-state index contributed by atoms with van der Waals surface area (Å²) in [5, 5.41) is 5.14. The van der Waals surface area contributed by atoms with Gasteiger partial charge in [0.15, 0.2) is 0 Å². The molecule has 1 N–H and O–H groups in total. The summed E-state index contributed by atoms with van der Waals surface area (Å²) in [4.78, 5) is 12.9. The second-order valence-electron chi connectivity index (χ2n) is 8.21. The number of halogens is 2. The molecule has 0 aliphatic carbocycles. The van der Waals surface area contributed by atoms with Crippen LogP contribution in [0.25, 0.3) is 5.69 Å². The van der Waals surface area contributed by atoms with Gasteiger partial charge in [-0.15, -0.1) is 0 Å². The number of nitrogens with zero attached hydrogens (tertiary/aromatic N) is 3. The van der Waals surface area contributed by atoms with Gasteiger partial charge in [-0.25, -0.2) is 13.8 Å². The van der Waals surface area contributed by atoms with Crippen LogP contribution in [0.4, 0.5) is 5.69 Å². The van der Waals surface area contributed by atoms with Crippen LogP contribution in [0, 0.1) is 13.8 Å². The molecule has 4 aromatic rings. The van der Waals surface area contributed by atoms with Gasteiger partial charge in [0.2, 0.25) is 0 Å². The first-order valence-corrected chi connectivity index (χ1v) is 13.5. The lowest BCUT2D eigenvalue weighted by Gasteiger charge is -2.23. The highest BCUT2D eigenvalue weighted by Gasteiger charge is 2.27. The molecule has 4 rings (SSSR count). The molecule has 0 spiro atoms. The summed E-state index contributed by atoms with van der Waals surface area (Å²) >= 11 is 12.4. The van der Waals surface area contributed by atoms with Crippen molar-refractivity contribution in [3.05, 3.63) is 112 Å². The van der Waals surface area contributed by atoms with Crippen molar-refractivity contribution in [2.24, 2.45) is 5.10 Å². The van der Waals surface area contributed by atoms with E-state index < -0.39 is 22.5 Å². The van der Waals surface area contributed by atoms with Crippen molar-refractivity contribution < 1.29 is 13.2 Å². The van der Waals surface area contributed by atoms with Gasteiger partial charge in [0.1, 0.15) is 6.54 Å². The fraction of sp³-hybridized carbons (Fsp3) is 0.111. The number of aromatic nitrogens is 1. The number of benzene rings is 3. The van der Waals surface area contributed by atoms with Crippen LogP contribution in [0.1, 0.15) is 17.0 Å². The minimum Gasteiger partial charge on any atom is -0.316 e. The second kappa shape index (κ2) is 11.2. The zero-order chi connectivity index (χ0) is 26.6. The maximum absolute atomic E-state index is 13.4. The van der Waals surface area contributed by atoms with E-state index in [1.54, 1.807) is 42.5 Å². The van der Waals surface area contributed by atoms with E-state index in [1.807, 2.05) is 48.7 Å². The van der Waals surface area contributed by atoms with E-state index in [1.165, 1.54) is 18.3 Å². The number of carbonyl (C=O) groups is 1. The highest BCUT2D eigenvalue weighted by Crippen LogP contribution is 2.26. The normalized spacial score (nSPS) is 11.6. The lowest BCUT2D eigenvalue weighted by Crippen LogP contribution is -2.39. The number of anilines is 1. The largest absolute Gasteiger partial charge is 0.316 e. The summed E-state index contributed by atoms with van der Waals surface area (Å²) in [6.45, 7) is 3.40. The lowest BCUT2D eigenvalue weighted by molar-refractivity contribution is -0.119. The molecule has 0 unspecified atom stereocenters. The van der Waals surface area contributed by atoms with E-state index >= 15 is 0 Å². The van der Waals surface area contributed by atoms with Gasteiger partial charge in [0.05, 0.1) is 27.5 Å². The molecule has 37 heavy (non-hydrogen) atoms. The van der Waals surface area contributed by atoms with Crippen molar-refractivity contribution in [1.82, 2.24) is 9.99 Å². The quantitative estimate of drug-likeness (QED) is 0.222. The van der Waals surface area contributed by atoms with Crippen LogP contribution in [0.5, 0.6) is 0 Å². The van der Waals surface area contributed by atoms with Crippen LogP contribution in [0.3, 0.4) is 0 Å². The molecule has 0 bridgehead atoms. The van der Waals surface area contributed by atoms with Gasteiger partial charge in [-0.2, -0.15) is 5.10 Å². The number of hydrogen-bond donors (Lipinski definition) is 1. The number of para-hydroxylation sites is 1. The van der Waals surface area contributed by atoms with Gasteiger partial charge in [-0.05, 0) is 68.4 Å². The Morgan fingerprint density at radius 3 is 2.30 bits per heavy atom. The molecule has 0 aliphatic heterocycles. The van der Waals surface area contributed by atoms with E-state index in [0.717, 1.165) is 26.9 Å². The topological polar surface area (TPSA) is 83.8 Å². The van der Waals surface area contributed by atoms with Crippen molar-refractivity contribution in [1.29, 1.82) is 0 Å². The molecule has 7 nitrogen and oxygen atoms in total. The maximum Gasteiger partial charge on any atom is 0.264 e. The third-order valence-electron chi connectivity index (χ3n) is 5.69. The van der Waals surface area contributed by atoms with Gasteiger partial charge in [0.25, 0.3) is 15.9 Å². The molecule has 0 fully saturated rings. The highest BCUT2D eigenvalue weighted by atomic mass is 35.5. The molecule has 10 heteroatoms. The molecule has 1 amide bonds. The first-order chi connectivity index (χ1) is 17.7. The van der Waals surface area contributed by atoms with Gasteiger partial charge >= 0.3 is 0 Å². The molecule has 1 aromatic heterocycles. The fourth-order valence-corrected chi connectivity index (χ4v) is 5.69. The van der Waals surface area contributed by atoms with E-state index in [4.69, 9.17) is 23.2 Å². The Labute approximate surface area is 226 Å². The average molecular weight is 555 g/mol. The van der Waals surface area contributed by atoms with Crippen molar-refractivity contribution in [2.45, 2.75) is 18.7 Å². The molecule has 1 heterocycles. The Kier molecular flexibility index (Phi) is 8.02. The van der Waals surface area contributed by atoms with Crippen molar-refractivity contribution >= 4 is 51.0 Å². The van der Waals surface area contributed by atoms with Gasteiger partial charge in [-0.1, -0.05) is 53.5 Å². The number of nitrogens with one attached hydrogen (secondary N) is 1. The summed E-state index contributed by atoms with van der Waals surface area (Å²) < 4.78 is 29.7. The number of carbonyl (C=O) groups excluding carboxylic acids is 1. The highest BCUT2D eigenvalue weighted by molar-refractivity contribution is 7.92. The minimum atomic E-state index is -4.02. The Morgan fingerprint density at radius 1 is 0.973 bits per heavy atom. The Hall–Kier alpha value is -3.59. The van der Waals surface area contributed by atoms with E-state index in [9.17, 15) is 13.2 Å². The first-order valence-electron chi connectivity index (χ1n) is 11.3. The van der Waals surface area contributed by atoms with E-state index in [-0.39, 0.29) is 4.90 Å². The Bertz CT molecular complexity index is 1550. The molecular formula is C27H24Cl2N4O3S. The predicted molar refractivity (Wildman–Crippen MR) is 148 cm³/mol. The second-order valence-corrected chi connectivity index (χ2v) is 10.9. The molecule has 0 saturated carbocycles. The molecule has 0 aliphatic rings. The smallest absolute Gasteiger partial charge is 0.264 e. The van der Waals surface area contributed by atoms with Gasteiger partial charge in [0, 0.05) is 22.0 Å². The number of sulfonamides is 1. The Balaban J connectivity index is 1.55. The SMILES string of the molecule is Cc1cc(/C=N/NC(=O)CN(c2ccc(Cl)cc2)S(=O)(=O)c2ccccc2)c(C)n1-c1ccccc1Cl. The molecule has 0 radical (unpaired) electrons. The summed E-state index contributed by atoms with van der Waals surface area (Å²) in [6, 6.07) is 23.6. The summed E-state index contributed by atoms with van der Waals surface area (Å²) in [5.41, 5.74) is 6.19. The summed E-state index contributed by atoms with van der Waals surface area (Å²) in [5.74, 6) is -0.606. The molecule has 0 saturated heterocycles. The predicted octanol–water partition coefficient (Wildman–Crippen LogP) is 5.75. The van der Waals surface area contributed by atoms with Crippen LogP contribution in [-0.4, -0.2) is 31.7 Å². The van der Waals surface area contributed by atoms with Crippen molar-refractivity contribution in [3.63, 3.8) is 0 Å². The first kappa shape index (κ1) is 26.5. The van der Waals surface area contributed by atoms with E-state index in [0.29, 0.717) is 15.7 Å². The number of rotatable bonds is 8. The fourth-order valence-electron chi connectivity index (χ4n) is 3.90. The molecule has 3 aromatic carbocycles. The summed E-state index contributed by atoms with van der Waals surface area (Å²) in [6.07, 6.45) is 1.52. The number of amides is 1.